The van der Waals surface area contributed by atoms with Crippen LogP contribution < -0.4 is 16.3 Å². The van der Waals surface area contributed by atoms with Crippen LogP contribution in [0.4, 0.5) is 4.79 Å². The van der Waals surface area contributed by atoms with Gasteiger partial charge in [-0.25, -0.2) is 9.48 Å². The van der Waals surface area contributed by atoms with Gasteiger partial charge in [-0.05, 0) is 17.2 Å². The summed E-state index contributed by atoms with van der Waals surface area (Å²) in [5, 5.41) is 8.10. The van der Waals surface area contributed by atoms with Gasteiger partial charge in [0.25, 0.3) is 17.4 Å². The number of aryl methyl sites for hydroxylation is 1. The smallest absolute Gasteiger partial charge is 0.314 e. The highest BCUT2D eigenvalue weighted by atomic mass is 16.2. The zero-order chi connectivity index (χ0) is 23.9. The lowest BCUT2D eigenvalue weighted by molar-refractivity contribution is -0.131. The van der Waals surface area contributed by atoms with Crippen molar-refractivity contribution in [3.8, 4) is 0 Å². The van der Waals surface area contributed by atoms with Gasteiger partial charge in [0.05, 0.1) is 5.39 Å². The van der Waals surface area contributed by atoms with Crippen LogP contribution in [0.2, 0.25) is 0 Å². The van der Waals surface area contributed by atoms with Gasteiger partial charge in [0, 0.05) is 12.4 Å². The third-order valence-electron chi connectivity index (χ3n) is 5.82. The number of urea groups is 1. The first-order chi connectivity index (χ1) is 16.4. The first kappa shape index (κ1) is 21.1. The number of imide groups is 1. The Hall–Kier alpha value is -4.79. The van der Waals surface area contributed by atoms with E-state index in [9.17, 15) is 19.2 Å². The molecule has 2 N–H and O–H groups in total. The van der Waals surface area contributed by atoms with Crippen LogP contribution in [0.3, 0.4) is 0 Å². The summed E-state index contributed by atoms with van der Waals surface area (Å²) in [6.45, 7) is 0. The van der Waals surface area contributed by atoms with Gasteiger partial charge < -0.3 is 5.32 Å². The highest BCUT2D eigenvalue weighted by molar-refractivity contribution is 6.12. The second-order valence-electron chi connectivity index (χ2n) is 7.82. The van der Waals surface area contributed by atoms with E-state index in [1.165, 1.54) is 7.05 Å². The molecule has 0 unspecified atom stereocenters. The molecule has 2 heterocycles. The zero-order valence-electron chi connectivity index (χ0n) is 18.1. The van der Waals surface area contributed by atoms with Crippen LogP contribution in [-0.4, -0.2) is 32.6 Å². The number of rotatable bonds is 4. The van der Waals surface area contributed by atoms with Gasteiger partial charge in [0.2, 0.25) is 0 Å². The Labute approximate surface area is 193 Å². The molecule has 1 aromatic heterocycles. The molecule has 5 rings (SSSR count). The highest BCUT2D eigenvalue weighted by Crippen LogP contribution is 2.35. The number of amides is 4. The molecule has 1 aliphatic heterocycles. The molecule has 168 valence electrons. The van der Waals surface area contributed by atoms with Crippen molar-refractivity contribution in [2.45, 2.75) is 5.54 Å². The number of nitrogens with zero attached hydrogens (tertiary/aromatic N) is 3. The number of hydrogen-bond donors (Lipinski definition) is 2. The zero-order valence-corrected chi connectivity index (χ0v) is 18.1. The van der Waals surface area contributed by atoms with E-state index >= 15 is 0 Å². The highest BCUT2D eigenvalue weighted by Gasteiger charge is 2.54. The molecule has 3 aromatic carbocycles. The maximum Gasteiger partial charge on any atom is 0.344 e. The lowest BCUT2D eigenvalue weighted by Gasteiger charge is -2.27. The van der Waals surface area contributed by atoms with E-state index in [-0.39, 0.29) is 11.3 Å². The van der Waals surface area contributed by atoms with Crippen molar-refractivity contribution in [1.82, 2.24) is 25.5 Å². The van der Waals surface area contributed by atoms with Crippen LogP contribution in [0.5, 0.6) is 0 Å². The molecule has 1 aliphatic rings. The van der Waals surface area contributed by atoms with Crippen molar-refractivity contribution in [3.63, 3.8) is 0 Å². The van der Waals surface area contributed by atoms with E-state index < -0.39 is 23.4 Å². The topological polar surface area (TPSA) is 113 Å². The van der Waals surface area contributed by atoms with Crippen LogP contribution in [0, 0.1) is 0 Å². The van der Waals surface area contributed by atoms with E-state index in [1.54, 1.807) is 84.9 Å². The van der Waals surface area contributed by atoms with Crippen LogP contribution >= 0.6 is 0 Å². The summed E-state index contributed by atoms with van der Waals surface area (Å²) in [5.41, 5.74) is 1.49. The first-order valence-electron chi connectivity index (χ1n) is 10.5. The van der Waals surface area contributed by atoms with E-state index in [1.807, 2.05) is 0 Å². The summed E-state index contributed by atoms with van der Waals surface area (Å²) < 4.78 is 1.04. The molecule has 4 aromatic rings. The minimum atomic E-state index is -1.52. The molecule has 0 aliphatic carbocycles. The Bertz CT molecular complexity index is 1460. The Morgan fingerprint density at radius 1 is 0.824 bits per heavy atom. The largest absolute Gasteiger partial charge is 0.344 e. The second-order valence-corrected chi connectivity index (χ2v) is 7.82. The number of fused-ring (bicyclic) bond motifs is 1. The molecule has 9 nitrogen and oxygen atoms in total. The predicted molar refractivity (Wildman–Crippen MR) is 123 cm³/mol. The standard InChI is InChI=1S/C25H19N5O4/c1-29-22(32)19-15-9-8-14-18(19)20(27-29)21(31)28-30-23(33)25(26-24(30)34,16-10-4-2-5-11-16)17-12-6-3-7-13-17/h2-15H,1H3,(H,26,34)(H,28,31). The number of nitrogens with one attached hydrogen (secondary N) is 2. The Morgan fingerprint density at radius 3 is 1.94 bits per heavy atom. The SMILES string of the molecule is Cn1nc(C(=O)NN2C(=O)NC(c3ccccc3)(c3ccccc3)C2=O)c2ccccc2c1=O. The summed E-state index contributed by atoms with van der Waals surface area (Å²) in [4.78, 5) is 52.3. The van der Waals surface area contributed by atoms with Gasteiger partial charge in [-0.3, -0.25) is 19.8 Å². The fourth-order valence-corrected chi connectivity index (χ4v) is 4.19. The summed E-state index contributed by atoms with van der Waals surface area (Å²) in [7, 11) is 1.43. The van der Waals surface area contributed by atoms with Crippen molar-refractivity contribution in [1.29, 1.82) is 0 Å². The normalized spacial score (nSPS) is 14.8. The van der Waals surface area contributed by atoms with Crippen molar-refractivity contribution < 1.29 is 14.4 Å². The van der Waals surface area contributed by atoms with Gasteiger partial charge in [0.1, 0.15) is 0 Å². The molecule has 0 atom stereocenters. The lowest BCUT2D eigenvalue weighted by atomic mass is 9.83. The molecule has 1 saturated heterocycles. The third-order valence-corrected chi connectivity index (χ3v) is 5.82. The number of hydrogen-bond acceptors (Lipinski definition) is 5. The molecule has 1 fully saturated rings. The fraction of sp³-hybridized carbons (Fsp3) is 0.0800. The Balaban J connectivity index is 1.57. The van der Waals surface area contributed by atoms with Crippen molar-refractivity contribution in [2.75, 3.05) is 0 Å². The van der Waals surface area contributed by atoms with E-state index in [0.29, 0.717) is 26.9 Å². The minimum absolute atomic E-state index is 0.0878. The Kier molecular flexibility index (Phi) is 4.94. The van der Waals surface area contributed by atoms with Crippen LogP contribution in [0.1, 0.15) is 21.6 Å². The summed E-state index contributed by atoms with van der Waals surface area (Å²) in [5.74, 6) is -1.47. The number of carbonyl (C=O) groups is 3. The van der Waals surface area contributed by atoms with Crippen LogP contribution in [-0.2, 0) is 17.4 Å². The molecular weight excluding hydrogens is 434 g/mol. The third kappa shape index (κ3) is 3.14. The molecule has 34 heavy (non-hydrogen) atoms. The fourth-order valence-electron chi connectivity index (χ4n) is 4.19. The number of benzene rings is 3. The van der Waals surface area contributed by atoms with E-state index in [2.05, 4.69) is 15.8 Å². The Morgan fingerprint density at radius 2 is 1.35 bits per heavy atom. The van der Waals surface area contributed by atoms with E-state index in [4.69, 9.17) is 0 Å². The van der Waals surface area contributed by atoms with Gasteiger partial charge >= 0.3 is 6.03 Å². The second kappa shape index (κ2) is 7.96. The van der Waals surface area contributed by atoms with Crippen LogP contribution in [0.15, 0.2) is 89.7 Å². The minimum Gasteiger partial charge on any atom is -0.314 e. The van der Waals surface area contributed by atoms with Gasteiger partial charge in [-0.15, -0.1) is 0 Å². The number of hydrazine groups is 1. The van der Waals surface area contributed by atoms with Crippen molar-refractivity contribution in [3.05, 3.63) is 112 Å². The van der Waals surface area contributed by atoms with Crippen molar-refractivity contribution >= 4 is 28.6 Å². The van der Waals surface area contributed by atoms with E-state index in [0.717, 1.165) is 4.68 Å². The van der Waals surface area contributed by atoms with Gasteiger partial charge in [0.15, 0.2) is 11.2 Å². The molecular formula is C25H19N5O4. The van der Waals surface area contributed by atoms with Crippen molar-refractivity contribution in [2.24, 2.45) is 7.05 Å². The summed E-state index contributed by atoms with van der Waals surface area (Å²) in [6, 6.07) is 23.3. The lowest BCUT2D eigenvalue weighted by Crippen LogP contribution is -2.49. The monoisotopic (exact) mass is 453 g/mol. The average molecular weight is 453 g/mol. The van der Waals surface area contributed by atoms with Gasteiger partial charge in [-0.2, -0.15) is 10.1 Å². The predicted octanol–water partition coefficient (Wildman–Crippen LogP) is 2.07. The van der Waals surface area contributed by atoms with Gasteiger partial charge in [-0.1, -0.05) is 78.9 Å². The first-order valence-corrected chi connectivity index (χ1v) is 10.5. The molecule has 9 heteroatoms. The summed E-state index contributed by atoms with van der Waals surface area (Å²) >= 11 is 0. The summed E-state index contributed by atoms with van der Waals surface area (Å²) in [6.07, 6.45) is 0. The quantitative estimate of drug-likeness (QED) is 0.460. The number of aromatic nitrogens is 2. The molecule has 4 amide bonds. The molecule has 0 bridgehead atoms. The molecule has 0 radical (unpaired) electrons. The maximum absolute atomic E-state index is 13.7. The molecule has 0 spiro atoms. The number of carbonyl (C=O) groups excluding carboxylic acids is 3. The van der Waals surface area contributed by atoms with Crippen LogP contribution in [0.25, 0.3) is 10.8 Å². The molecule has 0 saturated carbocycles. The average Bonchev–Trinajstić information content (AvgIpc) is 3.13. The maximum atomic E-state index is 13.7.